The maximum atomic E-state index is 12.4. The molecule has 2 aromatic carbocycles. The summed E-state index contributed by atoms with van der Waals surface area (Å²) in [6, 6.07) is 15.1. The molecule has 1 fully saturated rings. The molecule has 0 aromatic heterocycles. The van der Waals surface area contributed by atoms with E-state index in [1.54, 1.807) is 14.2 Å². The van der Waals surface area contributed by atoms with Crippen LogP contribution in [0.3, 0.4) is 0 Å². The number of hydrogen-bond donors (Lipinski definition) is 2. The van der Waals surface area contributed by atoms with E-state index in [4.69, 9.17) is 14.2 Å². The van der Waals surface area contributed by atoms with Gasteiger partial charge in [-0.3, -0.25) is 9.59 Å². The number of carbonyl (C=O) groups excluding carboxylic acids is 2. The fourth-order valence-electron chi connectivity index (χ4n) is 3.72. The predicted octanol–water partition coefficient (Wildman–Crippen LogP) is 2.18. The van der Waals surface area contributed by atoms with Crippen LogP contribution in [0.5, 0.6) is 11.5 Å². The van der Waals surface area contributed by atoms with Crippen LogP contribution in [0.25, 0.3) is 0 Å². The minimum atomic E-state index is -0.659. The van der Waals surface area contributed by atoms with Crippen LogP contribution in [-0.2, 0) is 26.3 Å². The first-order valence-electron chi connectivity index (χ1n) is 9.98. The summed E-state index contributed by atoms with van der Waals surface area (Å²) in [5, 5.41) is 5.47. The summed E-state index contributed by atoms with van der Waals surface area (Å²) in [6.07, 6.45) is 1.47. The van der Waals surface area contributed by atoms with Crippen molar-refractivity contribution < 1.29 is 23.8 Å². The second-order valence-electron chi connectivity index (χ2n) is 7.31. The molecular formula is C23H28N2O5. The summed E-state index contributed by atoms with van der Waals surface area (Å²) in [6.45, 7) is 1.79. The summed E-state index contributed by atoms with van der Waals surface area (Å²) >= 11 is 0. The van der Waals surface area contributed by atoms with Crippen LogP contribution in [0.15, 0.2) is 48.5 Å². The van der Waals surface area contributed by atoms with Crippen LogP contribution < -0.4 is 20.1 Å². The monoisotopic (exact) mass is 412 g/mol. The van der Waals surface area contributed by atoms with Crippen molar-refractivity contribution in [3.63, 3.8) is 0 Å². The molecule has 3 rings (SSSR count). The lowest BCUT2D eigenvalue weighted by atomic mass is 9.73. The molecule has 0 saturated carbocycles. The maximum Gasteiger partial charge on any atom is 0.309 e. The van der Waals surface area contributed by atoms with Gasteiger partial charge in [-0.15, -0.1) is 0 Å². The highest BCUT2D eigenvalue weighted by Crippen LogP contribution is 2.39. The summed E-state index contributed by atoms with van der Waals surface area (Å²) in [5.41, 5.74) is 1.57. The highest BCUT2D eigenvalue weighted by Gasteiger charge is 2.37. The molecule has 7 heteroatoms. The number of carbonyl (C=O) groups is 2. The SMILES string of the molecule is COc1ccc(CNC(=O)C(=O)NCC2(c3ccccc3OC)CCOCC2)cc1. The number of benzene rings is 2. The van der Waals surface area contributed by atoms with Crippen molar-refractivity contribution in [1.29, 1.82) is 0 Å². The number of rotatable bonds is 7. The van der Waals surface area contributed by atoms with Crippen LogP contribution in [0, 0.1) is 0 Å². The topological polar surface area (TPSA) is 85.9 Å². The third-order valence-electron chi connectivity index (χ3n) is 5.53. The molecule has 1 aliphatic heterocycles. The normalized spacial score (nSPS) is 15.1. The summed E-state index contributed by atoms with van der Waals surface area (Å²) in [5.74, 6) is 0.204. The lowest BCUT2D eigenvalue weighted by Crippen LogP contribution is -2.48. The molecule has 1 saturated heterocycles. The Morgan fingerprint density at radius 2 is 1.60 bits per heavy atom. The Morgan fingerprint density at radius 1 is 0.933 bits per heavy atom. The van der Waals surface area contributed by atoms with E-state index in [0.717, 1.165) is 35.5 Å². The van der Waals surface area contributed by atoms with Gasteiger partial charge in [-0.2, -0.15) is 0 Å². The molecule has 0 unspecified atom stereocenters. The Bertz CT molecular complexity index is 860. The number of amides is 2. The molecular weight excluding hydrogens is 384 g/mol. The van der Waals surface area contributed by atoms with Gasteiger partial charge in [0.2, 0.25) is 0 Å². The number of nitrogens with one attached hydrogen (secondary N) is 2. The quantitative estimate of drug-likeness (QED) is 0.681. The minimum Gasteiger partial charge on any atom is -0.497 e. The van der Waals surface area contributed by atoms with Gasteiger partial charge in [-0.1, -0.05) is 30.3 Å². The van der Waals surface area contributed by atoms with Crippen molar-refractivity contribution >= 4 is 11.8 Å². The van der Waals surface area contributed by atoms with E-state index in [1.807, 2.05) is 48.5 Å². The van der Waals surface area contributed by atoms with Crippen LogP contribution >= 0.6 is 0 Å². The number of hydrogen-bond acceptors (Lipinski definition) is 5. The zero-order valence-corrected chi connectivity index (χ0v) is 17.4. The van der Waals surface area contributed by atoms with Crippen molar-refractivity contribution in [2.75, 3.05) is 34.0 Å². The molecule has 0 radical (unpaired) electrons. The minimum absolute atomic E-state index is 0.266. The van der Waals surface area contributed by atoms with E-state index in [-0.39, 0.29) is 12.0 Å². The van der Waals surface area contributed by atoms with Crippen molar-refractivity contribution in [3.8, 4) is 11.5 Å². The smallest absolute Gasteiger partial charge is 0.309 e. The van der Waals surface area contributed by atoms with Crippen molar-refractivity contribution in [2.24, 2.45) is 0 Å². The Labute approximate surface area is 176 Å². The van der Waals surface area contributed by atoms with E-state index < -0.39 is 11.8 Å². The van der Waals surface area contributed by atoms with E-state index in [0.29, 0.717) is 19.8 Å². The van der Waals surface area contributed by atoms with Gasteiger partial charge in [0.05, 0.1) is 14.2 Å². The summed E-state index contributed by atoms with van der Waals surface area (Å²) < 4.78 is 16.2. The lowest BCUT2D eigenvalue weighted by Gasteiger charge is -2.38. The van der Waals surface area contributed by atoms with E-state index in [9.17, 15) is 9.59 Å². The third-order valence-corrected chi connectivity index (χ3v) is 5.53. The van der Waals surface area contributed by atoms with E-state index in [2.05, 4.69) is 10.6 Å². The second kappa shape index (κ2) is 10.1. The molecule has 30 heavy (non-hydrogen) atoms. The Hall–Kier alpha value is -3.06. The Balaban J connectivity index is 1.62. The van der Waals surface area contributed by atoms with Gasteiger partial charge in [0.1, 0.15) is 11.5 Å². The highest BCUT2D eigenvalue weighted by atomic mass is 16.5. The molecule has 2 aromatic rings. The van der Waals surface area contributed by atoms with Gasteiger partial charge in [0.25, 0.3) is 0 Å². The molecule has 0 bridgehead atoms. The zero-order chi connectivity index (χ0) is 21.4. The summed E-state index contributed by atoms with van der Waals surface area (Å²) in [4.78, 5) is 24.7. The Kier molecular flexibility index (Phi) is 7.30. The first-order valence-corrected chi connectivity index (χ1v) is 9.98. The van der Waals surface area contributed by atoms with Crippen LogP contribution in [0.4, 0.5) is 0 Å². The maximum absolute atomic E-state index is 12.4. The average Bonchev–Trinajstić information content (AvgIpc) is 2.81. The second-order valence-corrected chi connectivity index (χ2v) is 7.31. The molecule has 0 atom stereocenters. The molecule has 7 nitrogen and oxygen atoms in total. The molecule has 0 aliphatic carbocycles. The fraction of sp³-hybridized carbons (Fsp3) is 0.391. The Morgan fingerprint density at radius 3 is 2.27 bits per heavy atom. The molecule has 160 valence electrons. The molecule has 2 N–H and O–H groups in total. The van der Waals surface area contributed by atoms with Gasteiger partial charge >= 0.3 is 11.8 Å². The standard InChI is InChI=1S/C23H28N2O5/c1-28-18-9-7-17(8-10-18)15-24-21(26)22(27)25-16-23(11-13-30-14-12-23)19-5-3-4-6-20(19)29-2/h3-10H,11-16H2,1-2H3,(H,24,26)(H,25,27). The first-order chi connectivity index (χ1) is 14.6. The van der Waals surface area contributed by atoms with Gasteiger partial charge < -0.3 is 24.8 Å². The molecule has 1 heterocycles. The first kappa shape index (κ1) is 21.6. The zero-order valence-electron chi connectivity index (χ0n) is 17.4. The van der Waals surface area contributed by atoms with Crippen molar-refractivity contribution in [1.82, 2.24) is 10.6 Å². The number of para-hydroxylation sites is 1. The predicted molar refractivity (Wildman–Crippen MR) is 113 cm³/mol. The van der Waals surface area contributed by atoms with Gasteiger partial charge in [0.15, 0.2) is 0 Å². The van der Waals surface area contributed by atoms with Crippen molar-refractivity contribution in [3.05, 3.63) is 59.7 Å². The highest BCUT2D eigenvalue weighted by molar-refractivity contribution is 6.35. The van der Waals surface area contributed by atoms with E-state index >= 15 is 0 Å². The molecule has 0 spiro atoms. The average molecular weight is 412 g/mol. The lowest BCUT2D eigenvalue weighted by molar-refractivity contribution is -0.139. The summed E-state index contributed by atoms with van der Waals surface area (Å²) in [7, 11) is 3.23. The number of ether oxygens (including phenoxy) is 3. The van der Waals surface area contributed by atoms with Gasteiger partial charge in [-0.25, -0.2) is 0 Å². The third kappa shape index (κ3) is 5.10. The van der Waals surface area contributed by atoms with Gasteiger partial charge in [-0.05, 0) is 36.6 Å². The van der Waals surface area contributed by atoms with Gasteiger partial charge in [0, 0.05) is 37.3 Å². The molecule has 1 aliphatic rings. The van der Waals surface area contributed by atoms with Crippen LogP contribution in [-0.4, -0.2) is 45.8 Å². The van der Waals surface area contributed by atoms with Crippen LogP contribution in [0.2, 0.25) is 0 Å². The fourth-order valence-corrected chi connectivity index (χ4v) is 3.72. The molecule has 2 amide bonds. The number of methoxy groups -OCH3 is 2. The van der Waals surface area contributed by atoms with E-state index in [1.165, 1.54) is 0 Å². The van der Waals surface area contributed by atoms with Crippen LogP contribution in [0.1, 0.15) is 24.0 Å². The van der Waals surface area contributed by atoms with Crippen molar-refractivity contribution in [2.45, 2.75) is 24.8 Å². The largest absolute Gasteiger partial charge is 0.497 e.